The van der Waals surface area contributed by atoms with Crippen molar-refractivity contribution in [2.24, 2.45) is 0 Å². The molecule has 0 aromatic carbocycles. The van der Waals surface area contributed by atoms with Gasteiger partial charge in [0.05, 0.1) is 0 Å². The fourth-order valence-corrected chi connectivity index (χ4v) is 3.34. The molecule has 0 aliphatic heterocycles. The third-order valence-electron chi connectivity index (χ3n) is 1.84. The number of hydrogen-bond donors (Lipinski definition) is 2. The molecule has 14 heavy (non-hydrogen) atoms. The van der Waals surface area contributed by atoms with Crippen molar-refractivity contribution in [3.8, 4) is 0 Å². The van der Waals surface area contributed by atoms with Crippen molar-refractivity contribution in [3.63, 3.8) is 0 Å². The van der Waals surface area contributed by atoms with Gasteiger partial charge in [0.25, 0.3) is 20.2 Å². The van der Waals surface area contributed by atoms with Crippen LogP contribution in [0.25, 0.3) is 0 Å². The molecule has 0 atom stereocenters. The van der Waals surface area contributed by atoms with E-state index in [0.717, 1.165) is 0 Å². The highest BCUT2D eigenvalue weighted by Crippen LogP contribution is 2.39. The maximum absolute atomic E-state index is 10.8. The first-order chi connectivity index (χ1) is 6.23. The summed E-state index contributed by atoms with van der Waals surface area (Å²) in [6, 6.07) is 0. The molecule has 81 valence electrons. The second-order valence-electron chi connectivity index (χ2n) is 2.83. The van der Waals surface area contributed by atoms with Crippen molar-refractivity contribution in [1.29, 1.82) is 0 Å². The van der Waals surface area contributed by atoms with Crippen LogP contribution < -0.4 is 0 Å². The molecule has 1 fully saturated rings. The number of hydrogen-bond acceptors (Lipinski definition) is 4. The molecule has 8 heteroatoms. The molecule has 0 spiro atoms. The van der Waals surface area contributed by atoms with Crippen molar-refractivity contribution in [1.82, 2.24) is 0 Å². The van der Waals surface area contributed by atoms with E-state index in [-0.39, 0.29) is 12.8 Å². The Hall–Kier alpha value is -0.180. The van der Waals surface area contributed by atoms with E-state index < -0.39 is 30.7 Å². The first-order valence-corrected chi connectivity index (χ1v) is 6.59. The molecule has 0 amide bonds. The highest BCUT2D eigenvalue weighted by Gasteiger charge is 2.43. The van der Waals surface area contributed by atoms with Gasteiger partial charge in [0.1, 0.15) is 10.5 Å². The van der Waals surface area contributed by atoms with Crippen LogP contribution in [0.3, 0.4) is 0 Å². The van der Waals surface area contributed by atoms with Gasteiger partial charge >= 0.3 is 0 Å². The molecule has 1 rings (SSSR count). The Morgan fingerprint density at radius 3 is 1.86 bits per heavy atom. The highest BCUT2D eigenvalue weighted by molar-refractivity contribution is 7.93. The minimum Gasteiger partial charge on any atom is -0.285 e. The van der Waals surface area contributed by atoms with Crippen LogP contribution in [0.15, 0.2) is 0 Å². The molecule has 0 aromatic rings. The third kappa shape index (κ3) is 2.66. The number of rotatable bonds is 2. The largest absolute Gasteiger partial charge is 0.285 e. The molecular formula is C6H9O6S2. The van der Waals surface area contributed by atoms with E-state index in [1.165, 1.54) is 6.42 Å². The Morgan fingerprint density at radius 2 is 1.50 bits per heavy atom. The van der Waals surface area contributed by atoms with Gasteiger partial charge in [0.2, 0.25) is 0 Å². The van der Waals surface area contributed by atoms with Gasteiger partial charge in [0.15, 0.2) is 0 Å². The van der Waals surface area contributed by atoms with E-state index in [4.69, 9.17) is 9.11 Å². The maximum Gasteiger partial charge on any atom is 0.274 e. The first kappa shape index (κ1) is 11.9. The van der Waals surface area contributed by atoms with Crippen molar-refractivity contribution < 1.29 is 25.9 Å². The zero-order chi connectivity index (χ0) is 11.0. The average Bonchev–Trinajstić information content (AvgIpc) is 2.01. The molecule has 0 aromatic heterocycles. The van der Waals surface area contributed by atoms with E-state index in [1.807, 2.05) is 0 Å². The van der Waals surface area contributed by atoms with Crippen LogP contribution >= 0.6 is 0 Å². The molecule has 6 nitrogen and oxygen atoms in total. The quantitative estimate of drug-likeness (QED) is 0.669. The van der Waals surface area contributed by atoms with Gasteiger partial charge in [-0.2, -0.15) is 16.8 Å². The Balaban J connectivity index is 3.03. The standard InChI is InChI=1S/C6H9O6S2/c7-13(8,9)5-3-1-2-4-6(5)14(10,11)12/h1H,2-4H2,(H,7,8,9)(H,10,11,12). The summed E-state index contributed by atoms with van der Waals surface area (Å²) in [6.07, 6.45) is 1.61. The average molecular weight is 241 g/mol. The van der Waals surface area contributed by atoms with Crippen LogP contribution in [0.4, 0.5) is 0 Å². The summed E-state index contributed by atoms with van der Waals surface area (Å²) in [5, 5.41) is -1.24. The van der Waals surface area contributed by atoms with E-state index in [0.29, 0.717) is 6.42 Å². The monoisotopic (exact) mass is 241 g/mol. The lowest BCUT2D eigenvalue weighted by atomic mass is 10.00. The third-order valence-corrected chi connectivity index (χ3v) is 4.08. The molecule has 2 N–H and O–H groups in total. The highest BCUT2D eigenvalue weighted by atomic mass is 32.2. The molecular weight excluding hydrogens is 232 g/mol. The van der Waals surface area contributed by atoms with Crippen LogP contribution in [-0.2, 0) is 20.2 Å². The van der Waals surface area contributed by atoms with Crippen LogP contribution in [0, 0.1) is 16.9 Å². The van der Waals surface area contributed by atoms with E-state index in [2.05, 4.69) is 0 Å². The molecule has 0 heterocycles. The summed E-state index contributed by atoms with van der Waals surface area (Å²) in [6.45, 7) is 0. The topological polar surface area (TPSA) is 109 Å². The second kappa shape index (κ2) is 3.76. The van der Waals surface area contributed by atoms with Gasteiger partial charge in [-0.1, -0.05) is 0 Å². The van der Waals surface area contributed by atoms with Crippen molar-refractivity contribution in [3.05, 3.63) is 16.9 Å². The van der Waals surface area contributed by atoms with Gasteiger partial charge in [-0.25, -0.2) is 0 Å². The van der Waals surface area contributed by atoms with E-state index >= 15 is 0 Å². The predicted molar refractivity (Wildman–Crippen MR) is 47.7 cm³/mol. The summed E-state index contributed by atoms with van der Waals surface area (Å²) in [5.41, 5.74) is 0. The molecule has 1 aliphatic rings. The van der Waals surface area contributed by atoms with Gasteiger partial charge < -0.3 is 0 Å². The minimum absolute atomic E-state index is 0.103. The normalized spacial score (nSPS) is 22.4. The lowest BCUT2D eigenvalue weighted by molar-refractivity contribution is 0.461. The maximum atomic E-state index is 10.8. The van der Waals surface area contributed by atoms with Crippen LogP contribution in [-0.4, -0.2) is 25.9 Å². The Morgan fingerprint density at radius 1 is 1.00 bits per heavy atom. The molecule has 1 aliphatic carbocycles. The second-order valence-corrected chi connectivity index (χ2v) is 5.71. The molecule has 0 saturated heterocycles. The van der Waals surface area contributed by atoms with E-state index in [1.54, 1.807) is 0 Å². The molecule has 3 radical (unpaired) electrons. The summed E-state index contributed by atoms with van der Waals surface area (Å²) in [4.78, 5) is 0. The smallest absolute Gasteiger partial charge is 0.274 e. The van der Waals surface area contributed by atoms with Crippen molar-refractivity contribution >= 4 is 20.2 Å². The summed E-state index contributed by atoms with van der Waals surface area (Å²) < 4.78 is 60.4. The predicted octanol–water partition coefficient (Wildman–Crippen LogP) is 0.214. The Labute approximate surface area is 82.8 Å². The lowest BCUT2D eigenvalue weighted by Gasteiger charge is -2.24. The lowest BCUT2D eigenvalue weighted by Crippen LogP contribution is -2.29. The van der Waals surface area contributed by atoms with E-state index in [9.17, 15) is 16.8 Å². The molecule has 1 saturated carbocycles. The van der Waals surface area contributed by atoms with Gasteiger partial charge in [-0.15, -0.1) is 0 Å². The molecule has 0 bridgehead atoms. The van der Waals surface area contributed by atoms with Crippen molar-refractivity contribution in [2.45, 2.75) is 19.3 Å². The summed E-state index contributed by atoms with van der Waals surface area (Å²) >= 11 is 0. The first-order valence-electron chi connectivity index (χ1n) is 3.71. The summed E-state index contributed by atoms with van der Waals surface area (Å²) in [5.74, 6) is 0. The van der Waals surface area contributed by atoms with Gasteiger partial charge in [-0.3, -0.25) is 9.11 Å². The zero-order valence-electron chi connectivity index (χ0n) is 7.04. The van der Waals surface area contributed by atoms with Gasteiger partial charge in [0, 0.05) is 0 Å². The summed E-state index contributed by atoms with van der Waals surface area (Å²) in [7, 11) is -9.09. The van der Waals surface area contributed by atoms with Crippen LogP contribution in [0.5, 0.6) is 0 Å². The SMILES string of the molecule is O=S(=O)(O)[C]1C[CH]CC[C]1S(=O)(=O)O. The zero-order valence-corrected chi connectivity index (χ0v) is 8.68. The fourth-order valence-electron chi connectivity index (χ4n) is 1.24. The Kier molecular flexibility index (Phi) is 3.20. The molecule has 0 unspecified atom stereocenters. The van der Waals surface area contributed by atoms with Crippen LogP contribution in [0.1, 0.15) is 19.3 Å². The van der Waals surface area contributed by atoms with Crippen LogP contribution in [0.2, 0.25) is 0 Å². The van der Waals surface area contributed by atoms with Crippen molar-refractivity contribution in [2.75, 3.05) is 0 Å². The minimum atomic E-state index is -4.55. The fraction of sp³-hybridized carbons (Fsp3) is 0.500. The van der Waals surface area contributed by atoms with Gasteiger partial charge in [-0.05, 0) is 25.7 Å². The Bertz CT molecular complexity index is 354.